The molecule has 0 spiro atoms. The van der Waals surface area contributed by atoms with Crippen molar-refractivity contribution in [2.45, 2.75) is 17.7 Å². The predicted molar refractivity (Wildman–Crippen MR) is 96.4 cm³/mol. The van der Waals surface area contributed by atoms with Crippen LogP contribution < -0.4 is 0 Å². The molecule has 0 saturated heterocycles. The second kappa shape index (κ2) is 7.76. The summed E-state index contributed by atoms with van der Waals surface area (Å²) in [5, 5.41) is 7.11. The zero-order valence-electron chi connectivity index (χ0n) is 14.3. The summed E-state index contributed by atoms with van der Waals surface area (Å²) >= 11 is 0. The van der Waals surface area contributed by atoms with Crippen molar-refractivity contribution in [3.05, 3.63) is 66.4 Å². The van der Waals surface area contributed by atoms with E-state index >= 15 is 0 Å². The van der Waals surface area contributed by atoms with Crippen molar-refractivity contribution in [2.75, 3.05) is 13.6 Å². The number of benzene rings is 1. The average molecular weight is 374 g/mol. The van der Waals surface area contributed by atoms with E-state index in [9.17, 15) is 12.8 Å². The molecular formula is C18H19FN4O2S. The van der Waals surface area contributed by atoms with Crippen molar-refractivity contribution in [3.8, 4) is 11.3 Å². The molecule has 0 bridgehead atoms. The Morgan fingerprint density at radius 3 is 2.77 bits per heavy atom. The van der Waals surface area contributed by atoms with E-state index in [1.54, 1.807) is 25.2 Å². The van der Waals surface area contributed by atoms with Crippen LogP contribution in [-0.4, -0.2) is 41.5 Å². The SMILES string of the molecule is CN(CCCc1cc(-c2cccc(F)c2)n[nH]1)S(=O)(=O)c1cccnc1. The van der Waals surface area contributed by atoms with Gasteiger partial charge in [-0.25, -0.2) is 17.1 Å². The molecule has 0 fully saturated rings. The first-order chi connectivity index (χ1) is 12.5. The number of nitrogens with zero attached hydrogens (tertiary/aromatic N) is 3. The van der Waals surface area contributed by atoms with E-state index in [0.717, 1.165) is 5.69 Å². The van der Waals surface area contributed by atoms with E-state index in [-0.39, 0.29) is 10.7 Å². The zero-order chi connectivity index (χ0) is 18.6. The average Bonchev–Trinajstić information content (AvgIpc) is 3.11. The molecule has 1 N–H and O–H groups in total. The maximum Gasteiger partial charge on any atom is 0.244 e. The molecule has 3 aromatic rings. The van der Waals surface area contributed by atoms with Gasteiger partial charge in [0.2, 0.25) is 10.0 Å². The van der Waals surface area contributed by atoms with E-state index in [4.69, 9.17) is 0 Å². The third-order valence-electron chi connectivity index (χ3n) is 4.01. The van der Waals surface area contributed by atoms with Gasteiger partial charge in [0.1, 0.15) is 10.7 Å². The maximum atomic E-state index is 13.3. The van der Waals surface area contributed by atoms with Crippen molar-refractivity contribution in [2.24, 2.45) is 0 Å². The number of aromatic amines is 1. The van der Waals surface area contributed by atoms with Gasteiger partial charge in [0.25, 0.3) is 0 Å². The highest BCUT2D eigenvalue weighted by atomic mass is 32.2. The van der Waals surface area contributed by atoms with Gasteiger partial charge in [0.15, 0.2) is 0 Å². The lowest BCUT2D eigenvalue weighted by Gasteiger charge is -2.16. The first kappa shape index (κ1) is 18.2. The van der Waals surface area contributed by atoms with Crippen molar-refractivity contribution >= 4 is 10.0 Å². The van der Waals surface area contributed by atoms with E-state index < -0.39 is 10.0 Å². The van der Waals surface area contributed by atoms with Crippen LogP contribution in [0.25, 0.3) is 11.3 Å². The summed E-state index contributed by atoms with van der Waals surface area (Å²) in [5.74, 6) is -0.311. The molecule has 0 atom stereocenters. The molecule has 0 aliphatic carbocycles. The van der Waals surface area contributed by atoms with E-state index in [2.05, 4.69) is 15.2 Å². The van der Waals surface area contributed by atoms with Crippen molar-refractivity contribution < 1.29 is 12.8 Å². The molecule has 2 heterocycles. The summed E-state index contributed by atoms with van der Waals surface area (Å²) in [6.45, 7) is 0.367. The summed E-state index contributed by atoms with van der Waals surface area (Å²) < 4.78 is 39.5. The summed E-state index contributed by atoms with van der Waals surface area (Å²) in [4.78, 5) is 4.03. The fraction of sp³-hybridized carbons (Fsp3) is 0.222. The molecule has 136 valence electrons. The number of nitrogens with one attached hydrogen (secondary N) is 1. The Hall–Kier alpha value is -2.58. The third kappa shape index (κ3) is 4.14. The monoisotopic (exact) mass is 374 g/mol. The molecule has 1 aromatic carbocycles. The summed E-state index contributed by atoms with van der Waals surface area (Å²) in [6, 6.07) is 11.2. The normalized spacial score (nSPS) is 11.8. The second-order valence-corrected chi connectivity index (χ2v) is 7.95. The number of aryl methyl sites for hydroxylation is 1. The van der Waals surface area contributed by atoms with Crippen molar-refractivity contribution in [3.63, 3.8) is 0 Å². The summed E-state index contributed by atoms with van der Waals surface area (Å²) in [5.41, 5.74) is 2.23. The highest BCUT2D eigenvalue weighted by Gasteiger charge is 2.20. The number of hydrogen-bond acceptors (Lipinski definition) is 4. The lowest BCUT2D eigenvalue weighted by Crippen LogP contribution is -2.28. The number of rotatable bonds is 7. The smallest absolute Gasteiger partial charge is 0.244 e. The lowest BCUT2D eigenvalue weighted by molar-refractivity contribution is 0.460. The molecule has 0 saturated carbocycles. The Kier molecular flexibility index (Phi) is 5.43. The number of H-pyrrole nitrogens is 1. The predicted octanol–water partition coefficient (Wildman–Crippen LogP) is 2.86. The van der Waals surface area contributed by atoms with Gasteiger partial charge in [-0.1, -0.05) is 12.1 Å². The van der Waals surface area contributed by atoms with Gasteiger partial charge in [-0.05, 0) is 43.2 Å². The van der Waals surface area contributed by atoms with Crippen LogP contribution in [0.1, 0.15) is 12.1 Å². The van der Waals surface area contributed by atoms with Crippen molar-refractivity contribution in [1.82, 2.24) is 19.5 Å². The van der Waals surface area contributed by atoms with E-state index in [1.165, 1.54) is 34.9 Å². The van der Waals surface area contributed by atoms with Crippen LogP contribution in [0, 0.1) is 5.82 Å². The second-order valence-electron chi connectivity index (χ2n) is 5.91. The number of pyridine rings is 1. The Balaban J connectivity index is 1.59. The van der Waals surface area contributed by atoms with Crippen LogP contribution in [0.15, 0.2) is 59.8 Å². The van der Waals surface area contributed by atoms with E-state index in [1.807, 2.05) is 6.07 Å². The molecule has 0 aliphatic rings. The zero-order valence-corrected chi connectivity index (χ0v) is 15.1. The van der Waals surface area contributed by atoms with Gasteiger partial charge in [-0.3, -0.25) is 10.1 Å². The van der Waals surface area contributed by atoms with Crippen LogP contribution in [0.5, 0.6) is 0 Å². The number of halogens is 1. The van der Waals surface area contributed by atoms with Crippen molar-refractivity contribution in [1.29, 1.82) is 0 Å². The standard InChI is InChI=1S/C18H19FN4O2S/c1-23(26(24,25)17-8-3-9-20-13-17)10-4-7-16-12-18(22-21-16)14-5-2-6-15(19)11-14/h2-3,5-6,8-9,11-13H,4,7,10H2,1H3,(H,21,22). The first-order valence-corrected chi connectivity index (χ1v) is 9.57. The van der Waals surface area contributed by atoms with Crippen LogP contribution in [-0.2, 0) is 16.4 Å². The van der Waals surface area contributed by atoms with Crippen LogP contribution >= 0.6 is 0 Å². The fourth-order valence-electron chi connectivity index (χ4n) is 2.58. The Morgan fingerprint density at radius 1 is 1.19 bits per heavy atom. The number of sulfonamides is 1. The topological polar surface area (TPSA) is 79.0 Å². The highest BCUT2D eigenvalue weighted by molar-refractivity contribution is 7.89. The third-order valence-corrected chi connectivity index (χ3v) is 5.85. The first-order valence-electron chi connectivity index (χ1n) is 8.13. The minimum atomic E-state index is -3.53. The number of hydrogen-bond donors (Lipinski definition) is 1. The Bertz CT molecular complexity index is 974. The van der Waals surface area contributed by atoms with Gasteiger partial charge >= 0.3 is 0 Å². The molecule has 8 heteroatoms. The molecule has 0 unspecified atom stereocenters. The Morgan fingerprint density at radius 2 is 2.04 bits per heavy atom. The minimum Gasteiger partial charge on any atom is -0.282 e. The van der Waals surface area contributed by atoms with Crippen LogP contribution in [0.4, 0.5) is 4.39 Å². The summed E-state index contributed by atoms with van der Waals surface area (Å²) in [7, 11) is -1.98. The minimum absolute atomic E-state index is 0.178. The molecule has 3 rings (SSSR count). The lowest BCUT2D eigenvalue weighted by atomic mass is 10.1. The molecule has 0 amide bonds. The van der Waals surface area contributed by atoms with Gasteiger partial charge in [-0.2, -0.15) is 5.10 Å². The highest BCUT2D eigenvalue weighted by Crippen LogP contribution is 2.19. The maximum absolute atomic E-state index is 13.3. The van der Waals surface area contributed by atoms with Gasteiger partial charge < -0.3 is 0 Å². The van der Waals surface area contributed by atoms with Gasteiger partial charge in [-0.15, -0.1) is 0 Å². The molecule has 2 aromatic heterocycles. The molecule has 6 nitrogen and oxygen atoms in total. The number of aromatic nitrogens is 3. The molecule has 0 aliphatic heterocycles. The van der Waals surface area contributed by atoms with Gasteiger partial charge in [0.05, 0.1) is 5.69 Å². The van der Waals surface area contributed by atoms with E-state index in [0.29, 0.717) is 30.6 Å². The summed E-state index contributed by atoms with van der Waals surface area (Å²) in [6.07, 6.45) is 4.13. The Labute approximate surface area is 151 Å². The largest absolute Gasteiger partial charge is 0.282 e. The van der Waals surface area contributed by atoms with Crippen LogP contribution in [0.2, 0.25) is 0 Å². The van der Waals surface area contributed by atoms with Gasteiger partial charge in [0, 0.05) is 37.2 Å². The molecular weight excluding hydrogens is 355 g/mol. The van der Waals surface area contributed by atoms with Crippen LogP contribution in [0.3, 0.4) is 0 Å². The fourth-order valence-corrected chi connectivity index (χ4v) is 3.75. The quantitative estimate of drug-likeness (QED) is 0.690. The molecule has 0 radical (unpaired) electrons. The molecule has 26 heavy (non-hydrogen) atoms.